The van der Waals surface area contributed by atoms with Gasteiger partial charge < -0.3 is 4.43 Å². The molecule has 17 heavy (non-hydrogen) atoms. The van der Waals surface area contributed by atoms with Gasteiger partial charge in [-0.25, -0.2) is 0 Å². The first kappa shape index (κ1) is 14.0. The minimum atomic E-state index is -1.55. The van der Waals surface area contributed by atoms with Crippen LogP contribution in [0.1, 0.15) is 26.3 Å². The number of benzene rings is 1. The van der Waals surface area contributed by atoms with E-state index in [-0.39, 0.29) is 5.41 Å². The maximum absolute atomic E-state index is 6.21. The maximum Gasteiger partial charge on any atom is 0.241 e. The standard InChI is InChI=1S/C15H24OSi/c1-15(2,3)14(16-17(4,5)6)12-13-10-8-7-9-11-13/h7-12H,1-6H3/b14-12+. The van der Waals surface area contributed by atoms with Gasteiger partial charge in [0, 0.05) is 5.41 Å². The van der Waals surface area contributed by atoms with E-state index in [1.165, 1.54) is 5.56 Å². The highest BCUT2D eigenvalue weighted by atomic mass is 28.4. The van der Waals surface area contributed by atoms with Crippen molar-refractivity contribution in [3.63, 3.8) is 0 Å². The number of hydrogen-bond acceptors (Lipinski definition) is 1. The van der Waals surface area contributed by atoms with Crippen LogP contribution < -0.4 is 0 Å². The average Bonchev–Trinajstić information content (AvgIpc) is 2.15. The van der Waals surface area contributed by atoms with E-state index in [2.05, 4.69) is 70.8 Å². The number of rotatable bonds is 3. The zero-order valence-electron chi connectivity index (χ0n) is 11.9. The van der Waals surface area contributed by atoms with Crippen LogP contribution in [0.4, 0.5) is 0 Å². The molecule has 1 aromatic carbocycles. The molecule has 0 aliphatic carbocycles. The van der Waals surface area contributed by atoms with Gasteiger partial charge in [0.05, 0.1) is 5.76 Å². The Balaban J connectivity index is 3.04. The minimum absolute atomic E-state index is 0.0517. The molecule has 0 unspecified atom stereocenters. The average molecular weight is 248 g/mol. The fourth-order valence-corrected chi connectivity index (χ4v) is 2.45. The Morgan fingerprint density at radius 2 is 1.59 bits per heavy atom. The van der Waals surface area contributed by atoms with Crippen LogP contribution >= 0.6 is 0 Å². The quantitative estimate of drug-likeness (QED) is 0.544. The Hall–Kier alpha value is -1.02. The molecule has 0 aliphatic rings. The summed E-state index contributed by atoms with van der Waals surface area (Å²) >= 11 is 0. The second-order valence-electron chi connectivity index (χ2n) is 6.38. The molecule has 0 N–H and O–H groups in total. The summed E-state index contributed by atoms with van der Waals surface area (Å²) in [4.78, 5) is 0. The van der Waals surface area contributed by atoms with Crippen molar-refractivity contribution in [2.24, 2.45) is 5.41 Å². The highest BCUT2D eigenvalue weighted by Gasteiger charge is 2.25. The molecule has 0 saturated carbocycles. The fraction of sp³-hybridized carbons (Fsp3) is 0.467. The zero-order valence-corrected chi connectivity index (χ0v) is 12.9. The van der Waals surface area contributed by atoms with Crippen molar-refractivity contribution in [1.29, 1.82) is 0 Å². The van der Waals surface area contributed by atoms with Gasteiger partial charge in [0.25, 0.3) is 0 Å². The molecule has 0 fully saturated rings. The summed E-state index contributed by atoms with van der Waals surface area (Å²) in [6.45, 7) is 13.2. The van der Waals surface area contributed by atoms with Gasteiger partial charge in [0.2, 0.25) is 8.32 Å². The molecule has 0 heterocycles. The van der Waals surface area contributed by atoms with Crippen LogP contribution in [0, 0.1) is 5.41 Å². The van der Waals surface area contributed by atoms with Gasteiger partial charge in [-0.05, 0) is 31.3 Å². The molecule has 0 atom stereocenters. The molecule has 0 aromatic heterocycles. The van der Waals surface area contributed by atoms with Crippen LogP contribution in [-0.4, -0.2) is 8.32 Å². The van der Waals surface area contributed by atoms with Crippen LogP contribution in [0.3, 0.4) is 0 Å². The maximum atomic E-state index is 6.21. The summed E-state index contributed by atoms with van der Waals surface area (Å²) < 4.78 is 6.21. The highest BCUT2D eigenvalue weighted by Crippen LogP contribution is 2.30. The third-order valence-electron chi connectivity index (χ3n) is 2.25. The predicted octanol–water partition coefficient (Wildman–Crippen LogP) is 4.93. The molecule has 1 aromatic rings. The monoisotopic (exact) mass is 248 g/mol. The van der Waals surface area contributed by atoms with Gasteiger partial charge in [-0.2, -0.15) is 0 Å². The van der Waals surface area contributed by atoms with Crippen molar-refractivity contribution >= 4 is 14.4 Å². The Morgan fingerprint density at radius 1 is 1.06 bits per heavy atom. The van der Waals surface area contributed by atoms with Crippen molar-refractivity contribution < 1.29 is 4.43 Å². The summed E-state index contributed by atoms with van der Waals surface area (Å²) in [5.74, 6) is 1.09. The lowest BCUT2D eigenvalue weighted by Crippen LogP contribution is -2.29. The van der Waals surface area contributed by atoms with Crippen molar-refractivity contribution in [2.75, 3.05) is 0 Å². The van der Waals surface area contributed by atoms with E-state index < -0.39 is 8.32 Å². The molecule has 0 amide bonds. The van der Waals surface area contributed by atoms with Crippen LogP contribution in [0.15, 0.2) is 36.1 Å². The lowest BCUT2D eigenvalue weighted by Gasteiger charge is -2.30. The van der Waals surface area contributed by atoms with Gasteiger partial charge in [-0.1, -0.05) is 51.1 Å². The van der Waals surface area contributed by atoms with E-state index in [0.29, 0.717) is 0 Å². The second-order valence-corrected chi connectivity index (χ2v) is 10.8. The van der Waals surface area contributed by atoms with Crippen LogP contribution in [0.2, 0.25) is 19.6 Å². The third-order valence-corrected chi connectivity index (χ3v) is 3.08. The summed E-state index contributed by atoms with van der Waals surface area (Å²) in [5.41, 5.74) is 1.26. The topological polar surface area (TPSA) is 9.23 Å². The normalized spacial score (nSPS) is 13.6. The van der Waals surface area contributed by atoms with Gasteiger partial charge in [-0.15, -0.1) is 0 Å². The predicted molar refractivity (Wildman–Crippen MR) is 78.3 cm³/mol. The Kier molecular flexibility index (Phi) is 4.20. The molecule has 1 nitrogen and oxygen atoms in total. The second kappa shape index (κ2) is 5.09. The van der Waals surface area contributed by atoms with E-state index in [0.717, 1.165) is 5.76 Å². The molecule has 0 aliphatic heterocycles. The zero-order chi connectivity index (χ0) is 13.1. The first-order valence-electron chi connectivity index (χ1n) is 6.15. The van der Waals surface area contributed by atoms with E-state index in [4.69, 9.17) is 4.43 Å². The van der Waals surface area contributed by atoms with Crippen molar-refractivity contribution in [3.8, 4) is 0 Å². The first-order valence-corrected chi connectivity index (χ1v) is 9.55. The van der Waals surface area contributed by atoms with Gasteiger partial charge in [-0.3, -0.25) is 0 Å². The third kappa shape index (κ3) is 5.22. The van der Waals surface area contributed by atoms with E-state index in [9.17, 15) is 0 Å². The Morgan fingerprint density at radius 3 is 2.00 bits per heavy atom. The molecule has 0 saturated heterocycles. The first-order chi connectivity index (χ1) is 7.68. The minimum Gasteiger partial charge on any atom is -0.547 e. The van der Waals surface area contributed by atoms with E-state index in [1.54, 1.807) is 0 Å². The number of allylic oxidation sites excluding steroid dienone is 1. The smallest absolute Gasteiger partial charge is 0.241 e. The largest absolute Gasteiger partial charge is 0.547 e. The highest BCUT2D eigenvalue weighted by molar-refractivity contribution is 6.70. The molecule has 94 valence electrons. The molecular weight excluding hydrogens is 224 g/mol. The van der Waals surface area contributed by atoms with Crippen LogP contribution in [0.25, 0.3) is 6.08 Å². The molecule has 2 heteroatoms. The van der Waals surface area contributed by atoms with Crippen molar-refractivity contribution in [3.05, 3.63) is 41.7 Å². The molecule has 0 spiro atoms. The molecule has 0 radical (unpaired) electrons. The molecular formula is C15H24OSi. The Labute approximate surface area is 107 Å². The number of hydrogen-bond donors (Lipinski definition) is 0. The SMILES string of the molecule is CC(C)(C)/C(=C\c1ccccc1)O[Si](C)(C)C. The Bertz CT molecular complexity index is 380. The summed E-state index contributed by atoms with van der Waals surface area (Å²) in [6, 6.07) is 10.4. The van der Waals surface area contributed by atoms with Crippen LogP contribution in [-0.2, 0) is 4.43 Å². The van der Waals surface area contributed by atoms with Crippen molar-refractivity contribution in [2.45, 2.75) is 40.4 Å². The van der Waals surface area contributed by atoms with Crippen LogP contribution in [0.5, 0.6) is 0 Å². The lowest BCUT2D eigenvalue weighted by atomic mass is 9.92. The summed E-state index contributed by atoms with van der Waals surface area (Å²) in [7, 11) is -1.55. The fourth-order valence-electron chi connectivity index (χ4n) is 1.43. The van der Waals surface area contributed by atoms with Gasteiger partial charge in [0.1, 0.15) is 0 Å². The van der Waals surface area contributed by atoms with Gasteiger partial charge >= 0.3 is 0 Å². The van der Waals surface area contributed by atoms with Gasteiger partial charge in [0.15, 0.2) is 0 Å². The lowest BCUT2D eigenvalue weighted by molar-refractivity contribution is 0.294. The summed E-state index contributed by atoms with van der Waals surface area (Å²) in [6.07, 6.45) is 2.16. The van der Waals surface area contributed by atoms with Crippen molar-refractivity contribution in [1.82, 2.24) is 0 Å². The molecule has 0 bridgehead atoms. The van der Waals surface area contributed by atoms with E-state index in [1.807, 2.05) is 6.07 Å². The van der Waals surface area contributed by atoms with E-state index >= 15 is 0 Å². The molecule has 1 rings (SSSR count). The summed E-state index contributed by atoms with van der Waals surface area (Å²) in [5, 5.41) is 0.